The Labute approximate surface area is 392 Å². The van der Waals surface area contributed by atoms with Crippen molar-refractivity contribution in [2.24, 2.45) is 0 Å². The van der Waals surface area contributed by atoms with E-state index in [9.17, 15) is 5.53 Å². The van der Waals surface area contributed by atoms with Crippen molar-refractivity contribution < 1.29 is 4.70 Å². The van der Waals surface area contributed by atoms with Crippen molar-refractivity contribution in [3.63, 3.8) is 0 Å². The molecule has 0 N–H and O–H groups in total. The summed E-state index contributed by atoms with van der Waals surface area (Å²) >= 11 is 0. The first kappa shape index (κ1) is 54.6. The van der Waals surface area contributed by atoms with Crippen LogP contribution >= 0.6 is 0 Å². The predicted octanol–water partition coefficient (Wildman–Crippen LogP) is 20.5. The van der Waals surface area contributed by atoms with Gasteiger partial charge in [0.15, 0.2) is 0 Å². The van der Waals surface area contributed by atoms with Gasteiger partial charge in [-0.25, -0.2) is 4.70 Å². The van der Waals surface area contributed by atoms with Crippen molar-refractivity contribution >= 4 is 11.4 Å². The molecule has 0 unspecified atom stereocenters. The minimum atomic E-state index is 0.993. The summed E-state index contributed by atoms with van der Waals surface area (Å²) in [6.07, 6.45) is 50.7. The van der Waals surface area contributed by atoms with E-state index in [4.69, 9.17) is 0 Å². The molecule has 2 nitrogen and oxygen atoms in total. The molecule has 3 rings (SSSR count). The van der Waals surface area contributed by atoms with E-state index in [-0.39, 0.29) is 0 Å². The van der Waals surface area contributed by atoms with Crippen molar-refractivity contribution in [3.05, 3.63) is 97.6 Å². The Morgan fingerprint density at radius 2 is 0.794 bits per heavy atom. The summed E-state index contributed by atoms with van der Waals surface area (Å²) in [7, 11) is 0. The van der Waals surface area contributed by atoms with Crippen LogP contribution in [0.1, 0.15) is 285 Å². The van der Waals surface area contributed by atoms with Crippen molar-refractivity contribution in [3.8, 4) is 0 Å². The number of nitrogens with zero attached hydrogens (tertiary/aromatic N) is 2. The largest absolute Gasteiger partial charge is 0.493 e. The molecule has 2 heteroatoms. The Morgan fingerprint density at radius 3 is 1.24 bits per heavy atom. The molecule has 0 aliphatic carbocycles. The van der Waals surface area contributed by atoms with Gasteiger partial charge in [0.05, 0.1) is 5.57 Å². The Morgan fingerprint density at radius 1 is 0.413 bits per heavy atom. The van der Waals surface area contributed by atoms with Gasteiger partial charge in [0.1, 0.15) is 0 Å². The predicted molar refractivity (Wildman–Crippen MR) is 281 cm³/mol. The summed E-state index contributed by atoms with van der Waals surface area (Å²) in [6.45, 7) is 18.3. The number of hydrogen-bond acceptors (Lipinski definition) is 0. The first-order valence-electron chi connectivity index (χ1n) is 27.7. The lowest BCUT2D eigenvalue weighted by Crippen LogP contribution is -2.08. The molecular weight excluding hydrogens is 761 g/mol. The zero-order valence-corrected chi connectivity index (χ0v) is 43.1. The van der Waals surface area contributed by atoms with Crippen LogP contribution in [-0.4, -0.2) is 4.70 Å². The Bertz CT molecular complexity index is 1610. The van der Waals surface area contributed by atoms with Gasteiger partial charge in [-0.15, -0.1) is 0 Å². The van der Waals surface area contributed by atoms with Crippen molar-refractivity contribution in [2.45, 2.75) is 280 Å². The maximum Gasteiger partial charge on any atom is 0.215 e. The number of allylic oxidation sites excluding steroid dienone is 4. The van der Waals surface area contributed by atoms with Gasteiger partial charge in [-0.3, -0.25) is 0 Å². The standard InChI is InChI=1S/C61H100N2/c1-9-14-19-21-23-24-25-26-27-28-29-30-31-32-33-34-35-36-38-40-45-59-58(44-39-37-22-20-15-10-2)60(55-46-50(6)52(8)51(7)47-55)63(62)61(59)56-48-53(41-16-11-3)57(43-18-13-5)54(49-56)42-17-12-4/h40,45-49H,9-39,41-44H2,1-8H3. The van der Waals surface area contributed by atoms with Crippen molar-refractivity contribution in [2.75, 3.05) is 0 Å². The van der Waals surface area contributed by atoms with Gasteiger partial charge in [0.25, 0.3) is 0 Å². The van der Waals surface area contributed by atoms with E-state index >= 15 is 0 Å². The van der Waals surface area contributed by atoms with Crippen LogP contribution in [0.4, 0.5) is 0 Å². The quantitative estimate of drug-likeness (QED) is 0.0475. The van der Waals surface area contributed by atoms with E-state index in [0.29, 0.717) is 0 Å². The third kappa shape index (κ3) is 19.7. The highest BCUT2D eigenvalue weighted by Gasteiger charge is 2.35. The summed E-state index contributed by atoms with van der Waals surface area (Å²) < 4.78 is 1.64. The molecule has 2 aromatic rings. The molecule has 0 aromatic heterocycles. The molecule has 0 bridgehead atoms. The average Bonchev–Trinajstić information content (AvgIpc) is 3.56. The van der Waals surface area contributed by atoms with Crippen molar-refractivity contribution in [1.29, 1.82) is 0 Å². The Hall–Kier alpha value is -2.74. The van der Waals surface area contributed by atoms with Crippen LogP contribution in [0, 0.1) is 20.8 Å². The molecule has 0 amide bonds. The number of aryl methyl sites for hydroxylation is 4. The monoisotopic (exact) mass is 861 g/mol. The van der Waals surface area contributed by atoms with E-state index in [1.54, 1.807) is 10.3 Å². The third-order valence-electron chi connectivity index (χ3n) is 14.4. The highest BCUT2D eigenvalue weighted by molar-refractivity contribution is 5.84. The fourth-order valence-corrected chi connectivity index (χ4v) is 10.0. The molecule has 0 saturated carbocycles. The number of rotatable bonds is 38. The third-order valence-corrected chi connectivity index (χ3v) is 14.4. The highest BCUT2D eigenvalue weighted by atomic mass is 15.2. The van der Waals surface area contributed by atoms with Crippen LogP contribution in [0.15, 0.2) is 47.6 Å². The second kappa shape index (κ2) is 33.7. The number of unbranched alkanes of at least 4 members (excludes halogenated alkanes) is 26. The van der Waals surface area contributed by atoms with E-state index in [2.05, 4.69) is 91.8 Å². The normalized spacial score (nSPS) is 13.2. The first-order chi connectivity index (χ1) is 30.8. The topological polar surface area (TPSA) is 25.3 Å². The first-order valence-corrected chi connectivity index (χ1v) is 27.7. The van der Waals surface area contributed by atoms with E-state index < -0.39 is 0 Å². The lowest BCUT2D eigenvalue weighted by molar-refractivity contribution is -0.345. The summed E-state index contributed by atoms with van der Waals surface area (Å²) in [5, 5.41) is 0. The molecule has 1 aliphatic rings. The summed E-state index contributed by atoms with van der Waals surface area (Å²) in [6, 6.07) is 9.66. The molecule has 0 saturated heterocycles. The highest BCUT2D eigenvalue weighted by Crippen LogP contribution is 2.45. The Kier molecular flexibility index (Phi) is 29.2. The van der Waals surface area contributed by atoms with Gasteiger partial charge in [-0.2, -0.15) is 0 Å². The van der Waals surface area contributed by atoms with E-state index in [1.165, 1.54) is 231 Å². The molecule has 354 valence electrons. The van der Waals surface area contributed by atoms with E-state index in [0.717, 1.165) is 55.5 Å². The second-order valence-corrected chi connectivity index (χ2v) is 19.9. The van der Waals surface area contributed by atoms with Crippen LogP contribution in [0.2, 0.25) is 0 Å². The SMILES string of the molecule is CCCCCCCCCCCCCCCCCCCCC=CC1=C(c2cc(CCCC)c(CCCC)c(CCCC)c2)[N+](=[N-])C(c2cc(C)c(C)c(C)c2)=C1CCCCCCCC. The van der Waals surface area contributed by atoms with Crippen LogP contribution in [0.3, 0.4) is 0 Å². The minimum Gasteiger partial charge on any atom is -0.493 e. The lowest BCUT2D eigenvalue weighted by Gasteiger charge is -2.19. The summed E-state index contributed by atoms with van der Waals surface area (Å²) in [5.74, 6) is 0. The van der Waals surface area contributed by atoms with Crippen LogP contribution < -0.4 is 0 Å². The van der Waals surface area contributed by atoms with Crippen LogP contribution in [-0.2, 0) is 19.3 Å². The van der Waals surface area contributed by atoms with E-state index in [1.807, 2.05) is 0 Å². The number of benzene rings is 2. The Balaban J connectivity index is 1.81. The minimum absolute atomic E-state index is 0.993. The van der Waals surface area contributed by atoms with Gasteiger partial charge in [-0.1, -0.05) is 207 Å². The molecule has 0 fully saturated rings. The van der Waals surface area contributed by atoms with Crippen molar-refractivity contribution in [1.82, 2.24) is 0 Å². The average molecular weight is 861 g/mol. The molecule has 63 heavy (non-hydrogen) atoms. The van der Waals surface area contributed by atoms with Crippen LogP contribution in [0.5, 0.6) is 0 Å². The molecule has 1 heterocycles. The molecule has 0 atom stereocenters. The smallest absolute Gasteiger partial charge is 0.215 e. The molecule has 2 aromatic carbocycles. The molecule has 1 aliphatic heterocycles. The number of hydrogen-bond donors (Lipinski definition) is 0. The van der Waals surface area contributed by atoms with Gasteiger partial charge in [0, 0.05) is 16.7 Å². The van der Waals surface area contributed by atoms with Gasteiger partial charge >= 0.3 is 0 Å². The zero-order valence-electron chi connectivity index (χ0n) is 43.1. The maximum absolute atomic E-state index is 12.7. The fraction of sp³-hybridized carbons (Fsp3) is 0.705. The molecular formula is C61H100N2. The zero-order chi connectivity index (χ0) is 45.5. The summed E-state index contributed by atoms with van der Waals surface area (Å²) in [5.41, 5.74) is 28.3. The van der Waals surface area contributed by atoms with Gasteiger partial charge in [0.2, 0.25) is 11.4 Å². The maximum atomic E-state index is 12.7. The van der Waals surface area contributed by atoms with Crippen LogP contribution in [0.25, 0.3) is 16.9 Å². The van der Waals surface area contributed by atoms with Gasteiger partial charge in [-0.05, 0) is 143 Å². The summed E-state index contributed by atoms with van der Waals surface area (Å²) in [4.78, 5) is 0. The second-order valence-electron chi connectivity index (χ2n) is 19.9. The fourth-order valence-electron chi connectivity index (χ4n) is 10.0. The lowest BCUT2D eigenvalue weighted by atomic mass is 9.87. The molecule has 0 spiro atoms. The molecule has 0 radical (unpaired) electrons. The van der Waals surface area contributed by atoms with Gasteiger partial charge < -0.3 is 5.53 Å².